The van der Waals surface area contributed by atoms with Crippen molar-refractivity contribution in [3.8, 4) is 5.75 Å². The highest BCUT2D eigenvalue weighted by atomic mass is 35.5. The van der Waals surface area contributed by atoms with Gasteiger partial charge in [-0.05, 0) is 42.0 Å². The van der Waals surface area contributed by atoms with Gasteiger partial charge in [0.25, 0.3) is 0 Å². The summed E-state index contributed by atoms with van der Waals surface area (Å²) in [5.74, 6) is 0.528. The van der Waals surface area contributed by atoms with Gasteiger partial charge in [-0.15, -0.1) is 0 Å². The second-order valence-corrected chi connectivity index (χ2v) is 8.36. The molecule has 32 heavy (non-hydrogen) atoms. The lowest BCUT2D eigenvalue weighted by molar-refractivity contribution is 0.0342. The van der Waals surface area contributed by atoms with E-state index >= 15 is 0 Å². The van der Waals surface area contributed by atoms with E-state index in [9.17, 15) is 4.79 Å². The van der Waals surface area contributed by atoms with Crippen molar-refractivity contribution in [3.63, 3.8) is 0 Å². The SMILES string of the molecule is COc1cc2[nH]c3cc(Nc4ccc(CN5CCOCC5)cc4)ccc3c(=O)c2cc1Cl. The maximum absolute atomic E-state index is 13.0. The molecule has 0 radical (unpaired) electrons. The number of nitrogens with one attached hydrogen (secondary N) is 2. The molecule has 1 saturated heterocycles. The molecular formula is C25H24ClN3O3. The summed E-state index contributed by atoms with van der Waals surface area (Å²) in [6.45, 7) is 4.49. The average molecular weight is 450 g/mol. The molecule has 0 saturated carbocycles. The van der Waals surface area contributed by atoms with Crippen LogP contribution in [0.3, 0.4) is 0 Å². The van der Waals surface area contributed by atoms with Gasteiger partial charge in [0, 0.05) is 47.8 Å². The van der Waals surface area contributed by atoms with Crippen molar-refractivity contribution in [2.75, 3.05) is 38.7 Å². The largest absolute Gasteiger partial charge is 0.495 e. The van der Waals surface area contributed by atoms with Gasteiger partial charge in [-0.3, -0.25) is 9.69 Å². The normalized spacial score (nSPS) is 14.7. The summed E-state index contributed by atoms with van der Waals surface area (Å²) in [4.78, 5) is 18.7. The smallest absolute Gasteiger partial charge is 0.197 e. The summed E-state index contributed by atoms with van der Waals surface area (Å²) in [7, 11) is 1.56. The van der Waals surface area contributed by atoms with Crippen LogP contribution in [0.5, 0.6) is 5.75 Å². The van der Waals surface area contributed by atoms with Crippen LogP contribution in [0.15, 0.2) is 59.4 Å². The number of benzene rings is 3. The third kappa shape index (κ3) is 4.17. The van der Waals surface area contributed by atoms with Gasteiger partial charge >= 0.3 is 0 Å². The molecule has 0 aliphatic carbocycles. The number of halogens is 1. The number of nitrogens with zero attached hydrogens (tertiary/aromatic N) is 1. The predicted octanol–water partition coefficient (Wildman–Crippen LogP) is 4.92. The van der Waals surface area contributed by atoms with E-state index in [0.29, 0.717) is 27.1 Å². The average Bonchev–Trinajstić information content (AvgIpc) is 2.81. The standard InChI is InChI=1S/C25H24ClN3O3/c1-31-24-14-23-20(13-21(24)26)25(30)19-7-6-18(12-22(19)28-23)27-17-4-2-16(3-5-17)15-29-8-10-32-11-9-29/h2-7,12-14,27H,8-11,15H2,1H3,(H,28,30). The van der Waals surface area contributed by atoms with Gasteiger partial charge in [0.1, 0.15) is 5.75 Å². The summed E-state index contributed by atoms with van der Waals surface area (Å²) < 4.78 is 10.7. The fraction of sp³-hybridized carbons (Fsp3) is 0.240. The number of ether oxygens (including phenoxy) is 2. The molecule has 3 aromatic carbocycles. The second kappa shape index (κ2) is 8.82. The number of hydrogen-bond acceptors (Lipinski definition) is 5. The van der Waals surface area contributed by atoms with Crippen molar-refractivity contribution in [1.82, 2.24) is 9.88 Å². The summed E-state index contributed by atoms with van der Waals surface area (Å²) in [6, 6.07) is 17.5. The summed E-state index contributed by atoms with van der Waals surface area (Å²) >= 11 is 6.21. The number of pyridine rings is 1. The molecule has 0 spiro atoms. The molecule has 4 aromatic rings. The van der Waals surface area contributed by atoms with E-state index in [1.54, 1.807) is 19.2 Å². The van der Waals surface area contributed by atoms with Crippen LogP contribution in [-0.4, -0.2) is 43.3 Å². The highest BCUT2D eigenvalue weighted by molar-refractivity contribution is 6.32. The number of morpholine rings is 1. The molecule has 6 nitrogen and oxygen atoms in total. The number of aromatic nitrogens is 1. The van der Waals surface area contributed by atoms with Gasteiger partial charge in [-0.25, -0.2) is 0 Å². The van der Waals surface area contributed by atoms with Crippen LogP contribution in [0.1, 0.15) is 5.56 Å². The highest BCUT2D eigenvalue weighted by Gasteiger charge is 2.12. The molecule has 2 N–H and O–H groups in total. The Labute approximate surface area is 190 Å². The Kier molecular flexibility index (Phi) is 5.74. The number of methoxy groups -OCH3 is 1. The van der Waals surface area contributed by atoms with E-state index < -0.39 is 0 Å². The quantitative estimate of drug-likeness (QED) is 0.423. The Bertz CT molecular complexity index is 1330. The van der Waals surface area contributed by atoms with Gasteiger partial charge in [-0.2, -0.15) is 0 Å². The molecule has 1 aliphatic rings. The minimum Gasteiger partial charge on any atom is -0.495 e. The maximum Gasteiger partial charge on any atom is 0.197 e. The van der Waals surface area contributed by atoms with Crippen molar-refractivity contribution in [2.45, 2.75) is 6.54 Å². The second-order valence-electron chi connectivity index (χ2n) is 7.96. The zero-order valence-corrected chi connectivity index (χ0v) is 18.5. The number of rotatable bonds is 5. The predicted molar refractivity (Wildman–Crippen MR) is 129 cm³/mol. The number of aromatic amines is 1. The Balaban J connectivity index is 1.40. The minimum absolute atomic E-state index is 0.0580. The van der Waals surface area contributed by atoms with E-state index in [1.807, 2.05) is 18.2 Å². The molecule has 0 bridgehead atoms. The van der Waals surface area contributed by atoms with Gasteiger partial charge in [0.15, 0.2) is 5.43 Å². The molecule has 1 aromatic heterocycles. The molecule has 164 valence electrons. The lowest BCUT2D eigenvalue weighted by Gasteiger charge is -2.26. The van der Waals surface area contributed by atoms with E-state index in [-0.39, 0.29) is 5.43 Å². The molecule has 2 heterocycles. The number of H-pyrrole nitrogens is 1. The third-order valence-corrected chi connectivity index (χ3v) is 6.12. The molecule has 0 amide bonds. The van der Waals surface area contributed by atoms with E-state index in [1.165, 1.54) is 5.56 Å². The van der Waals surface area contributed by atoms with Crippen LogP contribution < -0.4 is 15.5 Å². The highest BCUT2D eigenvalue weighted by Crippen LogP contribution is 2.29. The number of hydrogen-bond donors (Lipinski definition) is 2. The van der Waals surface area contributed by atoms with Crippen molar-refractivity contribution >= 4 is 44.8 Å². The Morgan fingerprint density at radius 1 is 1.00 bits per heavy atom. The Hall–Kier alpha value is -3.06. The van der Waals surface area contributed by atoms with Crippen molar-refractivity contribution < 1.29 is 9.47 Å². The molecule has 7 heteroatoms. The first kappa shape index (κ1) is 20.8. The Morgan fingerprint density at radius 3 is 2.47 bits per heavy atom. The van der Waals surface area contributed by atoms with Gasteiger partial charge in [0.05, 0.1) is 36.4 Å². The summed E-state index contributed by atoms with van der Waals surface area (Å²) in [6.07, 6.45) is 0. The minimum atomic E-state index is -0.0580. The number of fused-ring (bicyclic) bond motifs is 2. The molecular weight excluding hydrogens is 426 g/mol. The number of anilines is 2. The molecule has 1 fully saturated rings. The van der Waals surface area contributed by atoms with Gasteiger partial charge in [0.2, 0.25) is 0 Å². The van der Waals surface area contributed by atoms with Crippen LogP contribution in [0.2, 0.25) is 5.02 Å². The van der Waals surface area contributed by atoms with Crippen LogP contribution in [0.25, 0.3) is 21.8 Å². The zero-order valence-electron chi connectivity index (χ0n) is 17.8. The lowest BCUT2D eigenvalue weighted by atomic mass is 10.1. The summed E-state index contributed by atoms with van der Waals surface area (Å²) in [5, 5.41) is 5.00. The monoisotopic (exact) mass is 449 g/mol. The lowest BCUT2D eigenvalue weighted by Crippen LogP contribution is -2.35. The third-order valence-electron chi connectivity index (χ3n) is 5.82. The van der Waals surface area contributed by atoms with E-state index in [0.717, 1.165) is 49.7 Å². The van der Waals surface area contributed by atoms with Crippen LogP contribution in [0.4, 0.5) is 11.4 Å². The van der Waals surface area contributed by atoms with Gasteiger partial charge in [-0.1, -0.05) is 23.7 Å². The molecule has 1 aliphatic heterocycles. The van der Waals surface area contributed by atoms with E-state index in [4.69, 9.17) is 21.1 Å². The van der Waals surface area contributed by atoms with Crippen LogP contribution in [0, 0.1) is 0 Å². The van der Waals surface area contributed by atoms with Crippen LogP contribution in [-0.2, 0) is 11.3 Å². The fourth-order valence-corrected chi connectivity index (χ4v) is 4.33. The first-order valence-electron chi connectivity index (χ1n) is 10.6. The van der Waals surface area contributed by atoms with Crippen LogP contribution >= 0.6 is 11.6 Å². The maximum atomic E-state index is 13.0. The zero-order chi connectivity index (χ0) is 22.1. The first-order chi connectivity index (χ1) is 15.6. The molecule has 0 atom stereocenters. The Morgan fingerprint density at radius 2 is 1.72 bits per heavy atom. The van der Waals surface area contributed by atoms with Crippen molar-refractivity contribution in [1.29, 1.82) is 0 Å². The van der Waals surface area contributed by atoms with Crippen molar-refractivity contribution in [3.05, 3.63) is 75.4 Å². The van der Waals surface area contributed by atoms with Gasteiger partial charge < -0.3 is 19.8 Å². The van der Waals surface area contributed by atoms with Crippen molar-refractivity contribution in [2.24, 2.45) is 0 Å². The van der Waals surface area contributed by atoms with E-state index in [2.05, 4.69) is 39.5 Å². The fourth-order valence-electron chi connectivity index (χ4n) is 4.09. The summed E-state index contributed by atoms with van der Waals surface area (Å²) in [5.41, 5.74) is 4.55. The first-order valence-corrected chi connectivity index (χ1v) is 11.0. The topological polar surface area (TPSA) is 66.6 Å². The molecule has 0 unspecified atom stereocenters. The molecule has 5 rings (SSSR count).